The molecule has 1 aromatic heterocycles. The van der Waals surface area contributed by atoms with E-state index in [4.69, 9.17) is 10.5 Å². The van der Waals surface area contributed by atoms with Gasteiger partial charge in [-0.1, -0.05) is 11.3 Å². The van der Waals surface area contributed by atoms with Crippen LogP contribution in [0.5, 0.6) is 5.75 Å². The molecule has 3 N–H and O–H groups in total. The molecule has 2 aromatic rings. The molecule has 0 atom stereocenters. The van der Waals surface area contributed by atoms with Crippen LogP contribution in [0.25, 0.3) is 0 Å². The van der Waals surface area contributed by atoms with E-state index in [2.05, 4.69) is 15.5 Å². The van der Waals surface area contributed by atoms with Gasteiger partial charge in [-0.2, -0.15) is 0 Å². The number of benzene rings is 1. The summed E-state index contributed by atoms with van der Waals surface area (Å²) in [5.41, 5.74) is 6.51. The number of nitrogen functional groups attached to an aromatic ring is 1. The van der Waals surface area contributed by atoms with Gasteiger partial charge in [0.15, 0.2) is 10.1 Å². The number of carbonyl (C=O) groups is 1. The van der Waals surface area contributed by atoms with E-state index in [0.717, 1.165) is 11.3 Å². The molecular weight excluding hydrogens is 280 g/mol. The molecule has 0 bridgehead atoms. The van der Waals surface area contributed by atoms with E-state index in [-0.39, 0.29) is 10.9 Å². The Bertz CT molecular complexity index is 641. The molecule has 0 aliphatic carbocycles. The lowest BCUT2D eigenvalue weighted by atomic mass is 10.1. The minimum absolute atomic E-state index is 0.197. The number of nitroso groups, excluding NO2 is 1. The molecule has 0 aliphatic rings. The average molecular weight is 292 g/mol. The first-order valence-electron chi connectivity index (χ1n) is 5.77. The second-order valence-corrected chi connectivity index (χ2v) is 4.75. The van der Waals surface area contributed by atoms with Crippen molar-refractivity contribution in [3.8, 4) is 5.75 Å². The van der Waals surface area contributed by atoms with Crippen molar-refractivity contribution in [3.05, 3.63) is 34.9 Å². The largest absolute Gasteiger partial charge is 0.493 e. The Labute approximate surface area is 118 Å². The molecule has 0 saturated heterocycles. The van der Waals surface area contributed by atoms with Gasteiger partial charge in [-0.15, -0.1) is 4.91 Å². The Morgan fingerprint density at radius 1 is 1.55 bits per heavy atom. The van der Waals surface area contributed by atoms with E-state index in [9.17, 15) is 9.70 Å². The third-order valence-electron chi connectivity index (χ3n) is 2.35. The molecule has 0 fully saturated rings. The fourth-order valence-corrected chi connectivity index (χ4v) is 2.12. The number of nitrogens with two attached hydrogens (primary N) is 1. The number of carbonyl (C=O) groups excluding carboxylic acids is 1. The number of hydrogen-bond donors (Lipinski definition) is 2. The van der Waals surface area contributed by atoms with Gasteiger partial charge in [-0.25, -0.2) is 4.98 Å². The monoisotopic (exact) mass is 292 g/mol. The van der Waals surface area contributed by atoms with E-state index in [0.29, 0.717) is 28.7 Å². The SMILES string of the molecule is CCOc1cc(N)ccc1C(=O)Nc1ncc(N=O)s1. The van der Waals surface area contributed by atoms with Crippen molar-refractivity contribution < 1.29 is 9.53 Å². The zero-order chi connectivity index (χ0) is 14.5. The predicted octanol–water partition coefficient (Wildman–Crippen LogP) is 2.77. The van der Waals surface area contributed by atoms with Crippen LogP contribution in [-0.4, -0.2) is 17.5 Å². The second kappa shape index (κ2) is 6.11. The highest BCUT2D eigenvalue weighted by molar-refractivity contribution is 7.19. The average Bonchev–Trinajstić information content (AvgIpc) is 2.87. The summed E-state index contributed by atoms with van der Waals surface area (Å²) in [5, 5.41) is 5.82. The predicted molar refractivity (Wildman–Crippen MR) is 77.5 cm³/mol. The first kappa shape index (κ1) is 13.9. The van der Waals surface area contributed by atoms with Gasteiger partial charge in [0, 0.05) is 11.8 Å². The van der Waals surface area contributed by atoms with Crippen LogP contribution < -0.4 is 15.8 Å². The molecule has 0 aliphatic heterocycles. The van der Waals surface area contributed by atoms with Crippen molar-refractivity contribution in [3.63, 3.8) is 0 Å². The first-order valence-corrected chi connectivity index (χ1v) is 6.58. The summed E-state index contributed by atoms with van der Waals surface area (Å²) >= 11 is 0.991. The molecule has 0 saturated carbocycles. The maximum Gasteiger partial charge on any atom is 0.261 e. The van der Waals surface area contributed by atoms with Crippen molar-refractivity contribution >= 4 is 33.1 Å². The highest BCUT2D eigenvalue weighted by Gasteiger charge is 2.14. The number of anilines is 2. The molecule has 1 amide bonds. The summed E-state index contributed by atoms with van der Waals surface area (Å²) in [4.78, 5) is 26.3. The van der Waals surface area contributed by atoms with Crippen molar-refractivity contribution in [1.29, 1.82) is 0 Å². The summed E-state index contributed by atoms with van der Waals surface area (Å²) in [6, 6.07) is 4.76. The number of aromatic nitrogens is 1. The molecule has 0 unspecified atom stereocenters. The van der Waals surface area contributed by atoms with Crippen LogP contribution in [-0.2, 0) is 0 Å². The maximum absolute atomic E-state index is 12.1. The van der Waals surface area contributed by atoms with Crippen molar-refractivity contribution in [2.24, 2.45) is 5.18 Å². The first-order chi connectivity index (χ1) is 9.63. The Morgan fingerprint density at radius 3 is 3.00 bits per heavy atom. The molecule has 7 nitrogen and oxygen atoms in total. The zero-order valence-corrected chi connectivity index (χ0v) is 11.4. The number of thiazole rings is 1. The van der Waals surface area contributed by atoms with Crippen LogP contribution in [0, 0.1) is 4.91 Å². The van der Waals surface area contributed by atoms with Crippen LogP contribution >= 0.6 is 11.3 Å². The minimum Gasteiger partial charge on any atom is -0.493 e. The van der Waals surface area contributed by atoms with Crippen molar-refractivity contribution in [1.82, 2.24) is 4.98 Å². The standard InChI is InChI=1S/C12H12N4O3S/c1-2-19-9-5-7(13)3-4-8(9)11(17)15-12-14-6-10(16-18)20-12/h3-6H,2,13H2,1H3,(H,14,15,17). The maximum atomic E-state index is 12.1. The molecule has 1 heterocycles. The third-order valence-corrected chi connectivity index (χ3v) is 3.14. The highest BCUT2D eigenvalue weighted by atomic mass is 32.1. The molecule has 2 rings (SSSR count). The third kappa shape index (κ3) is 3.09. The van der Waals surface area contributed by atoms with Gasteiger partial charge in [0.1, 0.15) is 5.75 Å². The lowest BCUT2D eigenvalue weighted by Crippen LogP contribution is -2.13. The Kier molecular flexibility index (Phi) is 4.26. The van der Waals surface area contributed by atoms with Crippen LogP contribution in [0.1, 0.15) is 17.3 Å². The topological polar surface area (TPSA) is 107 Å². The van der Waals surface area contributed by atoms with E-state index >= 15 is 0 Å². The van der Waals surface area contributed by atoms with E-state index < -0.39 is 0 Å². The normalized spacial score (nSPS) is 10.1. The number of nitrogens with one attached hydrogen (secondary N) is 1. The molecular formula is C12H12N4O3S. The fourth-order valence-electron chi connectivity index (χ4n) is 1.53. The fraction of sp³-hybridized carbons (Fsp3) is 0.167. The summed E-state index contributed by atoms with van der Waals surface area (Å²) < 4.78 is 5.38. The molecule has 1 aromatic carbocycles. The lowest BCUT2D eigenvalue weighted by molar-refractivity contribution is 0.102. The molecule has 104 valence electrons. The lowest BCUT2D eigenvalue weighted by Gasteiger charge is -2.10. The smallest absolute Gasteiger partial charge is 0.261 e. The van der Waals surface area contributed by atoms with Gasteiger partial charge in [-0.3, -0.25) is 10.1 Å². The second-order valence-electron chi connectivity index (χ2n) is 3.74. The van der Waals surface area contributed by atoms with Crippen molar-refractivity contribution in [2.75, 3.05) is 17.7 Å². The van der Waals surface area contributed by atoms with Gasteiger partial charge in [-0.05, 0) is 24.2 Å². The molecule has 0 radical (unpaired) electrons. The molecule has 0 spiro atoms. The minimum atomic E-state index is -0.389. The summed E-state index contributed by atoms with van der Waals surface area (Å²) in [6.45, 7) is 2.23. The van der Waals surface area contributed by atoms with Gasteiger partial charge in [0.25, 0.3) is 5.91 Å². The number of amides is 1. The quantitative estimate of drug-likeness (QED) is 0.651. The summed E-state index contributed by atoms with van der Waals surface area (Å²) in [5.74, 6) is 0.00976. The van der Waals surface area contributed by atoms with Gasteiger partial charge >= 0.3 is 0 Å². The molecule has 20 heavy (non-hydrogen) atoms. The Balaban J connectivity index is 2.22. The summed E-state index contributed by atoms with van der Waals surface area (Å²) in [7, 11) is 0. The van der Waals surface area contributed by atoms with Gasteiger partial charge in [0.2, 0.25) is 0 Å². The Hall–Kier alpha value is -2.48. The Morgan fingerprint density at radius 2 is 2.35 bits per heavy atom. The van der Waals surface area contributed by atoms with Crippen LogP contribution in [0.15, 0.2) is 29.6 Å². The van der Waals surface area contributed by atoms with Crippen LogP contribution in [0.2, 0.25) is 0 Å². The highest BCUT2D eigenvalue weighted by Crippen LogP contribution is 2.27. The van der Waals surface area contributed by atoms with Gasteiger partial charge in [0.05, 0.1) is 18.4 Å². The number of hydrogen-bond acceptors (Lipinski definition) is 7. The number of rotatable bonds is 5. The van der Waals surface area contributed by atoms with Crippen molar-refractivity contribution in [2.45, 2.75) is 6.92 Å². The van der Waals surface area contributed by atoms with Crippen LogP contribution in [0.4, 0.5) is 15.8 Å². The summed E-state index contributed by atoms with van der Waals surface area (Å²) in [6.07, 6.45) is 1.29. The number of ether oxygens (including phenoxy) is 1. The number of nitrogens with zero attached hydrogens (tertiary/aromatic N) is 2. The van der Waals surface area contributed by atoms with E-state index in [1.54, 1.807) is 18.2 Å². The molecule has 8 heteroatoms. The van der Waals surface area contributed by atoms with E-state index in [1.165, 1.54) is 6.20 Å². The van der Waals surface area contributed by atoms with Crippen LogP contribution in [0.3, 0.4) is 0 Å². The van der Waals surface area contributed by atoms with Gasteiger partial charge < -0.3 is 10.5 Å². The zero-order valence-electron chi connectivity index (χ0n) is 10.6. The van der Waals surface area contributed by atoms with E-state index in [1.807, 2.05) is 6.92 Å².